The zero-order valence-corrected chi connectivity index (χ0v) is 5.08. The van der Waals surface area contributed by atoms with Crippen LogP contribution in [-0.2, 0) is 9.59 Å². The maximum absolute atomic E-state index is 12.0. The highest BCUT2D eigenvalue weighted by molar-refractivity contribution is 5.73. The second-order valence-electron chi connectivity index (χ2n) is 1.74. The van der Waals surface area contributed by atoms with Gasteiger partial charge in [-0.05, 0) is 6.42 Å². The van der Waals surface area contributed by atoms with Gasteiger partial charge in [-0.2, -0.15) is 0 Å². The second kappa shape index (κ2) is 3.81. The first-order chi connectivity index (χ1) is 4.54. The number of carbonyl (C=O) groups is 2. The van der Waals surface area contributed by atoms with Crippen LogP contribution in [0.25, 0.3) is 0 Å². The molecule has 1 atom stereocenters. The van der Waals surface area contributed by atoms with Gasteiger partial charge in [-0.25, -0.2) is 9.18 Å². The van der Waals surface area contributed by atoms with Crippen molar-refractivity contribution in [3.05, 3.63) is 0 Å². The van der Waals surface area contributed by atoms with E-state index in [4.69, 9.17) is 10.2 Å². The molecular weight excluding hydrogens is 143 g/mol. The maximum atomic E-state index is 12.0. The van der Waals surface area contributed by atoms with Crippen molar-refractivity contribution in [1.82, 2.24) is 0 Å². The minimum Gasteiger partial charge on any atom is -0.481 e. The number of rotatable bonds is 4. The van der Waals surface area contributed by atoms with E-state index in [0.717, 1.165) is 0 Å². The molecule has 0 unspecified atom stereocenters. The summed E-state index contributed by atoms with van der Waals surface area (Å²) in [6.45, 7) is 0. The molecule has 0 aliphatic carbocycles. The van der Waals surface area contributed by atoms with Crippen LogP contribution in [0.3, 0.4) is 0 Å². The standard InChI is InChI=1S/C5H7FO4/c6-3(5(9)10)1-2-4(7)8/h3H,1-2H2,(H,7,8)(H,9,10)/t3-/m1/s1. The molecule has 0 aliphatic rings. The smallest absolute Gasteiger partial charge is 0.338 e. The van der Waals surface area contributed by atoms with Crippen molar-refractivity contribution >= 4 is 11.9 Å². The number of hydrogen-bond donors (Lipinski definition) is 2. The van der Waals surface area contributed by atoms with Gasteiger partial charge >= 0.3 is 11.9 Å². The van der Waals surface area contributed by atoms with Crippen molar-refractivity contribution in [1.29, 1.82) is 0 Å². The van der Waals surface area contributed by atoms with Gasteiger partial charge in [-0.15, -0.1) is 0 Å². The lowest BCUT2D eigenvalue weighted by atomic mass is 10.2. The Kier molecular flexibility index (Phi) is 3.38. The summed E-state index contributed by atoms with van der Waals surface area (Å²) in [6, 6.07) is 0. The molecule has 0 aromatic rings. The van der Waals surface area contributed by atoms with Crippen LogP contribution < -0.4 is 0 Å². The second-order valence-corrected chi connectivity index (χ2v) is 1.74. The SMILES string of the molecule is O=C(O)CC[C@@H](F)C(=O)O. The predicted octanol–water partition coefficient (Wildman–Crippen LogP) is 0.274. The Hall–Kier alpha value is -1.13. The third-order valence-electron chi connectivity index (χ3n) is 0.880. The highest BCUT2D eigenvalue weighted by atomic mass is 19.1. The first-order valence-corrected chi connectivity index (χ1v) is 2.62. The Bertz CT molecular complexity index is 145. The van der Waals surface area contributed by atoms with E-state index in [-0.39, 0.29) is 0 Å². The Morgan fingerprint density at radius 1 is 1.40 bits per heavy atom. The van der Waals surface area contributed by atoms with Crippen LogP contribution >= 0.6 is 0 Å². The molecule has 10 heavy (non-hydrogen) atoms. The summed E-state index contributed by atoms with van der Waals surface area (Å²) in [5, 5.41) is 15.9. The molecule has 0 heterocycles. The summed E-state index contributed by atoms with van der Waals surface area (Å²) in [4.78, 5) is 19.5. The van der Waals surface area contributed by atoms with Gasteiger partial charge in [0.2, 0.25) is 0 Å². The molecule has 0 radical (unpaired) electrons. The Labute approximate surface area is 56.3 Å². The third-order valence-corrected chi connectivity index (χ3v) is 0.880. The van der Waals surface area contributed by atoms with Crippen LogP contribution in [0.4, 0.5) is 4.39 Å². The monoisotopic (exact) mass is 150 g/mol. The summed E-state index contributed by atoms with van der Waals surface area (Å²) in [5.41, 5.74) is 0. The highest BCUT2D eigenvalue weighted by Gasteiger charge is 2.16. The molecule has 0 fully saturated rings. The Balaban J connectivity index is 3.49. The largest absolute Gasteiger partial charge is 0.481 e. The molecule has 0 saturated carbocycles. The molecule has 0 aliphatic heterocycles. The average molecular weight is 150 g/mol. The number of alkyl halides is 1. The minimum atomic E-state index is -2.06. The van der Waals surface area contributed by atoms with Crippen LogP contribution in [0.2, 0.25) is 0 Å². The minimum absolute atomic E-state index is 0.451. The molecule has 0 rings (SSSR count). The molecule has 0 aromatic heterocycles. The summed E-state index contributed by atoms with van der Waals surface area (Å²) in [6.07, 6.45) is -2.98. The Morgan fingerprint density at radius 2 is 1.90 bits per heavy atom. The van der Waals surface area contributed by atoms with Gasteiger partial charge in [0.1, 0.15) is 0 Å². The molecule has 4 nitrogen and oxygen atoms in total. The van der Waals surface area contributed by atoms with E-state index in [1.807, 2.05) is 0 Å². The highest BCUT2D eigenvalue weighted by Crippen LogP contribution is 2.01. The van der Waals surface area contributed by atoms with Crippen molar-refractivity contribution in [3.8, 4) is 0 Å². The fourth-order valence-corrected chi connectivity index (χ4v) is 0.374. The number of halogens is 1. The number of carboxylic acids is 2. The number of aliphatic carboxylic acids is 2. The van der Waals surface area contributed by atoms with Gasteiger partial charge in [0.15, 0.2) is 6.17 Å². The predicted molar refractivity (Wildman–Crippen MR) is 29.4 cm³/mol. The lowest BCUT2D eigenvalue weighted by Crippen LogP contribution is -2.15. The van der Waals surface area contributed by atoms with Crippen LogP contribution in [-0.4, -0.2) is 28.3 Å². The quantitative estimate of drug-likeness (QED) is 0.603. The lowest BCUT2D eigenvalue weighted by molar-refractivity contribution is -0.143. The number of carboxylic acid groups (broad SMARTS) is 2. The topological polar surface area (TPSA) is 74.6 Å². The molecule has 0 spiro atoms. The summed E-state index contributed by atoms with van der Waals surface area (Å²) >= 11 is 0. The summed E-state index contributed by atoms with van der Waals surface area (Å²) in [5.74, 6) is -2.80. The van der Waals surface area contributed by atoms with Crippen molar-refractivity contribution in [2.75, 3.05) is 0 Å². The maximum Gasteiger partial charge on any atom is 0.338 e. The Morgan fingerprint density at radius 3 is 2.20 bits per heavy atom. The molecule has 0 amide bonds. The van der Waals surface area contributed by atoms with Crippen molar-refractivity contribution < 1.29 is 24.2 Å². The number of hydrogen-bond acceptors (Lipinski definition) is 2. The molecule has 0 bridgehead atoms. The molecule has 0 saturated heterocycles. The van der Waals surface area contributed by atoms with Gasteiger partial charge in [-0.3, -0.25) is 4.79 Å². The van der Waals surface area contributed by atoms with E-state index in [2.05, 4.69) is 0 Å². The van der Waals surface area contributed by atoms with Gasteiger partial charge in [0.25, 0.3) is 0 Å². The fraction of sp³-hybridized carbons (Fsp3) is 0.600. The van der Waals surface area contributed by atoms with Gasteiger partial charge in [0.05, 0.1) is 0 Å². The van der Waals surface area contributed by atoms with Crippen LogP contribution in [0.1, 0.15) is 12.8 Å². The van der Waals surface area contributed by atoms with E-state index >= 15 is 0 Å². The van der Waals surface area contributed by atoms with E-state index < -0.39 is 31.0 Å². The zero-order valence-electron chi connectivity index (χ0n) is 5.08. The molecule has 2 N–H and O–H groups in total. The molecule has 58 valence electrons. The first kappa shape index (κ1) is 8.87. The fourth-order valence-electron chi connectivity index (χ4n) is 0.374. The van der Waals surface area contributed by atoms with E-state index in [1.165, 1.54) is 0 Å². The van der Waals surface area contributed by atoms with Gasteiger partial charge in [0, 0.05) is 6.42 Å². The van der Waals surface area contributed by atoms with Crippen LogP contribution in [0.5, 0.6) is 0 Å². The van der Waals surface area contributed by atoms with Crippen molar-refractivity contribution in [3.63, 3.8) is 0 Å². The van der Waals surface area contributed by atoms with Crippen LogP contribution in [0, 0.1) is 0 Å². The van der Waals surface area contributed by atoms with Gasteiger partial charge in [-0.1, -0.05) is 0 Å². The molecule has 5 heteroatoms. The van der Waals surface area contributed by atoms with Gasteiger partial charge < -0.3 is 10.2 Å². The normalized spacial score (nSPS) is 12.5. The summed E-state index contributed by atoms with van der Waals surface area (Å²) in [7, 11) is 0. The summed E-state index contributed by atoms with van der Waals surface area (Å²) < 4.78 is 12.0. The van der Waals surface area contributed by atoms with E-state index in [1.54, 1.807) is 0 Å². The van der Waals surface area contributed by atoms with E-state index in [0.29, 0.717) is 0 Å². The van der Waals surface area contributed by atoms with Crippen LogP contribution in [0.15, 0.2) is 0 Å². The van der Waals surface area contributed by atoms with Crippen molar-refractivity contribution in [2.24, 2.45) is 0 Å². The first-order valence-electron chi connectivity index (χ1n) is 2.62. The van der Waals surface area contributed by atoms with Crippen molar-refractivity contribution in [2.45, 2.75) is 19.0 Å². The average Bonchev–Trinajstić information content (AvgIpc) is 1.82. The van der Waals surface area contributed by atoms with E-state index in [9.17, 15) is 14.0 Å². The zero-order chi connectivity index (χ0) is 8.15. The third kappa shape index (κ3) is 3.82. The lowest BCUT2D eigenvalue weighted by Gasteiger charge is -1.97. The molecule has 0 aromatic carbocycles. The molecular formula is C5H7FO4.